The number of amides is 1. The van der Waals surface area contributed by atoms with Crippen LogP contribution in [0.3, 0.4) is 0 Å². The van der Waals surface area contributed by atoms with Crippen molar-refractivity contribution in [2.24, 2.45) is 5.92 Å². The fraction of sp³-hybridized carbons (Fsp3) is 0.500. The quantitative estimate of drug-likeness (QED) is 0.811. The van der Waals surface area contributed by atoms with E-state index in [0.717, 1.165) is 25.2 Å². The van der Waals surface area contributed by atoms with Crippen LogP contribution in [0.4, 0.5) is 5.69 Å². The minimum absolute atomic E-state index is 0.0359. The van der Waals surface area contributed by atoms with Crippen LogP contribution in [0, 0.1) is 5.92 Å². The molecule has 1 aromatic rings. The summed E-state index contributed by atoms with van der Waals surface area (Å²) in [5.41, 5.74) is 1.42. The lowest BCUT2D eigenvalue weighted by molar-refractivity contribution is -0.116. The van der Waals surface area contributed by atoms with Gasteiger partial charge in [-0.1, -0.05) is 0 Å². The number of nitrogens with one attached hydrogen (secondary N) is 2. The number of Topliss-reactive ketones (excluding diaryl/α,β-unsaturated/α-hetero) is 1. The van der Waals surface area contributed by atoms with Gasteiger partial charge < -0.3 is 10.6 Å². The zero-order valence-electron chi connectivity index (χ0n) is 11.9. The zero-order chi connectivity index (χ0) is 14.4. The lowest BCUT2D eigenvalue weighted by Crippen LogP contribution is -2.28. The molecule has 1 saturated heterocycles. The molecular weight excluding hydrogens is 252 g/mol. The highest BCUT2D eigenvalue weighted by Gasteiger charge is 2.14. The first-order valence-electron chi connectivity index (χ1n) is 7.27. The van der Waals surface area contributed by atoms with Gasteiger partial charge >= 0.3 is 0 Å². The van der Waals surface area contributed by atoms with Crippen LogP contribution in [0.1, 0.15) is 43.0 Å². The number of carbonyl (C=O) groups is 2. The molecule has 0 aromatic heterocycles. The van der Waals surface area contributed by atoms with Gasteiger partial charge in [-0.3, -0.25) is 9.59 Å². The molecule has 0 unspecified atom stereocenters. The van der Waals surface area contributed by atoms with Crippen molar-refractivity contribution in [3.05, 3.63) is 29.8 Å². The third-order valence-corrected chi connectivity index (χ3v) is 3.81. The largest absolute Gasteiger partial charge is 0.326 e. The maximum absolute atomic E-state index is 11.9. The second kappa shape index (κ2) is 7.20. The van der Waals surface area contributed by atoms with Crippen molar-refractivity contribution in [3.8, 4) is 0 Å². The normalized spacial score (nSPS) is 15.8. The molecule has 2 N–H and O–H groups in total. The van der Waals surface area contributed by atoms with Crippen LogP contribution in [0.5, 0.6) is 0 Å². The maximum atomic E-state index is 11.9. The lowest BCUT2D eigenvalue weighted by Gasteiger charge is -2.22. The summed E-state index contributed by atoms with van der Waals surface area (Å²) in [4.78, 5) is 23.0. The summed E-state index contributed by atoms with van der Waals surface area (Å²) in [6, 6.07) is 7.04. The van der Waals surface area contributed by atoms with Crippen LogP contribution in [0.2, 0.25) is 0 Å². The Morgan fingerprint density at radius 1 is 1.20 bits per heavy atom. The number of piperidine rings is 1. The van der Waals surface area contributed by atoms with Crippen molar-refractivity contribution in [1.29, 1.82) is 0 Å². The van der Waals surface area contributed by atoms with Crippen LogP contribution < -0.4 is 10.6 Å². The Morgan fingerprint density at radius 3 is 2.45 bits per heavy atom. The first-order chi connectivity index (χ1) is 9.65. The van der Waals surface area contributed by atoms with E-state index < -0.39 is 0 Å². The molecule has 0 atom stereocenters. The average molecular weight is 274 g/mol. The summed E-state index contributed by atoms with van der Waals surface area (Å²) in [6.07, 6.45) is 3.86. The molecule has 0 saturated carbocycles. The molecule has 20 heavy (non-hydrogen) atoms. The fourth-order valence-electron chi connectivity index (χ4n) is 2.52. The first-order valence-corrected chi connectivity index (χ1v) is 7.27. The molecule has 1 heterocycles. The number of hydrogen-bond donors (Lipinski definition) is 2. The van der Waals surface area contributed by atoms with E-state index in [1.165, 1.54) is 19.8 Å². The predicted molar refractivity (Wildman–Crippen MR) is 79.9 cm³/mol. The monoisotopic (exact) mass is 274 g/mol. The Morgan fingerprint density at radius 2 is 1.85 bits per heavy atom. The summed E-state index contributed by atoms with van der Waals surface area (Å²) in [5.74, 6) is 0.759. The summed E-state index contributed by atoms with van der Waals surface area (Å²) in [6.45, 7) is 3.67. The number of rotatable bonds is 5. The molecule has 4 heteroatoms. The van der Waals surface area contributed by atoms with Gasteiger partial charge in [-0.25, -0.2) is 0 Å². The van der Waals surface area contributed by atoms with Crippen molar-refractivity contribution < 1.29 is 9.59 Å². The third-order valence-electron chi connectivity index (χ3n) is 3.81. The van der Waals surface area contributed by atoms with Crippen molar-refractivity contribution >= 4 is 17.4 Å². The summed E-state index contributed by atoms with van der Waals surface area (Å²) in [5, 5.41) is 6.21. The molecule has 1 aliphatic heterocycles. The molecule has 1 amide bonds. The van der Waals surface area contributed by atoms with Gasteiger partial charge in [-0.2, -0.15) is 0 Å². The minimum Gasteiger partial charge on any atom is -0.326 e. The Kier molecular flexibility index (Phi) is 5.30. The number of hydrogen-bond acceptors (Lipinski definition) is 3. The Bertz CT molecular complexity index is 462. The molecule has 0 spiro atoms. The van der Waals surface area contributed by atoms with Crippen LogP contribution >= 0.6 is 0 Å². The smallest absolute Gasteiger partial charge is 0.224 e. The van der Waals surface area contributed by atoms with Gasteiger partial charge in [0, 0.05) is 17.7 Å². The molecule has 0 aliphatic carbocycles. The van der Waals surface area contributed by atoms with E-state index in [1.54, 1.807) is 24.3 Å². The Labute approximate surface area is 119 Å². The van der Waals surface area contributed by atoms with Gasteiger partial charge in [0.05, 0.1) is 0 Å². The van der Waals surface area contributed by atoms with Gasteiger partial charge in [-0.05, 0) is 69.5 Å². The zero-order valence-corrected chi connectivity index (χ0v) is 11.9. The number of anilines is 1. The molecule has 0 bridgehead atoms. The van der Waals surface area contributed by atoms with Crippen molar-refractivity contribution in [2.75, 3.05) is 18.4 Å². The highest BCUT2D eigenvalue weighted by Crippen LogP contribution is 2.18. The second-order valence-corrected chi connectivity index (χ2v) is 5.41. The number of benzene rings is 1. The van der Waals surface area contributed by atoms with Crippen LogP contribution in [-0.4, -0.2) is 24.8 Å². The van der Waals surface area contributed by atoms with Crippen molar-refractivity contribution in [1.82, 2.24) is 5.32 Å². The van der Waals surface area contributed by atoms with E-state index in [1.807, 2.05) is 0 Å². The predicted octanol–water partition coefficient (Wildman–Crippen LogP) is 2.61. The lowest BCUT2D eigenvalue weighted by atomic mass is 9.93. The van der Waals surface area contributed by atoms with E-state index in [0.29, 0.717) is 17.9 Å². The van der Waals surface area contributed by atoms with Crippen molar-refractivity contribution in [2.45, 2.75) is 32.6 Å². The SMILES string of the molecule is CC(=O)c1ccc(NC(=O)CCC2CCNCC2)cc1. The molecule has 1 fully saturated rings. The van der Waals surface area contributed by atoms with Crippen LogP contribution in [0.25, 0.3) is 0 Å². The first kappa shape index (κ1) is 14.7. The number of ketones is 1. The van der Waals surface area contributed by atoms with Crippen molar-refractivity contribution in [3.63, 3.8) is 0 Å². The fourth-order valence-corrected chi connectivity index (χ4v) is 2.52. The van der Waals surface area contributed by atoms with E-state index in [4.69, 9.17) is 0 Å². The van der Waals surface area contributed by atoms with E-state index in [2.05, 4.69) is 10.6 Å². The maximum Gasteiger partial charge on any atom is 0.224 e. The van der Waals surface area contributed by atoms with Gasteiger partial charge in [0.2, 0.25) is 5.91 Å². The van der Waals surface area contributed by atoms with Gasteiger partial charge in [0.15, 0.2) is 5.78 Å². The molecule has 1 aliphatic rings. The van der Waals surface area contributed by atoms with Gasteiger partial charge in [0.1, 0.15) is 0 Å². The number of carbonyl (C=O) groups excluding carboxylic acids is 2. The molecule has 1 aromatic carbocycles. The summed E-state index contributed by atoms with van der Waals surface area (Å²) < 4.78 is 0. The van der Waals surface area contributed by atoms with Gasteiger partial charge in [-0.15, -0.1) is 0 Å². The standard InChI is InChI=1S/C16H22N2O2/c1-12(19)14-3-5-15(6-4-14)18-16(20)7-2-13-8-10-17-11-9-13/h3-6,13,17H,2,7-11H2,1H3,(H,18,20). The Balaban J connectivity index is 1.77. The van der Waals surface area contributed by atoms with E-state index in [9.17, 15) is 9.59 Å². The van der Waals surface area contributed by atoms with Crippen LogP contribution in [0.15, 0.2) is 24.3 Å². The minimum atomic E-state index is 0.0359. The molecule has 4 nitrogen and oxygen atoms in total. The molecule has 0 radical (unpaired) electrons. The third kappa shape index (κ3) is 4.46. The van der Waals surface area contributed by atoms with Gasteiger partial charge in [0.25, 0.3) is 0 Å². The molecule has 108 valence electrons. The Hall–Kier alpha value is -1.68. The molecular formula is C16H22N2O2. The topological polar surface area (TPSA) is 58.2 Å². The van der Waals surface area contributed by atoms with Crippen LogP contribution in [-0.2, 0) is 4.79 Å². The molecule has 2 rings (SSSR count). The summed E-state index contributed by atoms with van der Waals surface area (Å²) >= 11 is 0. The highest BCUT2D eigenvalue weighted by atomic mass is 16.1. The van der Waals surface area contributed by atoms with E-state index >= 15 is 0 Å². The van der Waals surface area contributed by atoms with E-state index in [-0.39, 0.29) is 11.7 Å². The summed E-state index contributed by atoms with van der Waals surface area (Å²) in [7, 11) is 0. The highest BCUT2D eigenvalue weighted by molar-refractivity contribution is 5.95. The second-order valence-electron chi connectivity index (χ2n) is 5.41. The average Bonchev–Trinajstić information content (AvgIpc) is 2.47.